The Morgan fingerprint density at radius 1 is 1.43 bits per heavy atom. The Hall–Kier alpha value is -1.93. The van der Waals surface area contributed by atoms with Gasteiger partial charge in [0.25, 0.3) is 0 Å². The third-order valence-electron chi connectivity index (χ3n) is 3.64. The van der Waals surface area contributed by atoms with Crippen molar-refractivity contribution in [3.8, 4) is 0 Å². The zero-order valence-corrected chi connectivity index (χ0v) is 14.3. The highest BCUT2D eigenvalue weighted by Gasteiger charge is 2.13. The molecule has 0 aromatic carbocycles. The average molecular weight is 334 g/mol. The van der Waals surface area contributed by atoms with E-state index < -0.39 is 0 Å². The second-order valence-electron chi connectivity index (χ2n) is 5.98. The average Bonchev–Trinajstić information content (AvgIpc) is 3.10. The van der Waals surface area contributed by atoms with E-state index in [4.69, 9.17) is 0 Å². The van der Waals surface area contributed by atoms with Crippen LogP contribution in [0.1, 0.15) is 29.2 Å². The lowest BCUT2D eigenvalue weighted by atomic mass is 10.1. The molecule has 2 aromatic rings. The van der Waals surface area contributed by atoms with E-state index in [1.165, 1.54) is 12.1 Å². The smallest absolute Gasteiger partial charge is 0.320 e. The molecule has 3 rings (SSSR count). The molecular formula is C15H22N6OS. The number of nitrogens with one attached hydrogen (secondary N) is 2. The number of carbonyl (C=O) groups is 1. The predicted molar refractivity (Wildman–Crippen MR) is 90.5 cm³/mol. The van der Waals surface area contributed by atoms with Gasteiger partial charge in [0.15, 0.2) is 5.82 Å². The standard InChI is InChI=1S/C15H22N6OS/c1-20(2)9-11-10-23-14(17-11)8-16-15(22)18-13-7-12-5-3-4-6-21(12)19-13/h7,10H,3-6,8-9H2,1-2H3,(H2,16,18,19,22). The summed E-state index contributed by atoms with van der Waals surface area (Å²) in [5.74, 6) is 0.617. The summed E-state index contributed by atoms with van der Waals surface area (Å²) in [5, 5.41) is 13.0. The lowest BCUT2D eigenvalue weighted by Crippen LogP contribution is -2.28. The van der Waals surface area contributed by atoms with Crippen molar-refractivity contribution < 1.29 is 4.79 Å². The van der Waals surface area contributed by atoms with Crippen LogP contribution in [0.3, 0.4) is 0 Å². The molecule has 0 fully saturated rings. The fraction of sp³-hybridized carbons (Fsp3) is 0.533. The van der Waals surface area contributed by atoms with Crippen molar-refractivity contribution >= 4 is 23.2 Å². The Labute approximate surface area is 139 Å². The third kappa shape index (κ3) is 4.29. The van der Waals surface area contributed by atoms with Gasteiger partial charge in [-0.3, -0.25) is 10.00 Å². The SMILES string of the molecule is CN(C)Cc1csc(CNC(=O)Nc2cc3n(n2)CCCC3)n1. The quantitative estimate of drug-likeness (QED) is 0.878. The third-order valence-corrected chi connectivity index (χ3v) is 4.53. The van der Waals surface area contributed by atoms with Crippen LogP contribution < -0.4 is 10.6 Å². The van der Waals surface area contributed by atoms with Crippen LogP contribution in [-0.4, -0.2) is 39.8 Å². The number of aromatic nitrogens is 3. The minimum atomic E-state index is -0.246. The molecule has 2 amide bonds. The first-order valence-electron chi connectivity index (χ1n) is 7.80. The molecule has 3 heterocycles. The van der Waals surface area contributed by atoms with Crippen molar-refractivity contribution in [2.24, 2.45) is 0 Å². The van der Waals surface area contributed by atoms with Crippen LogP contribution in [0.25, 0.3) is 0 Å². The van der Waals surface area contributed by atoms with Crippen molar-refractivity contribution in [1.82, 2.24) is 25.0 Å². The molecule has 0 saturated heterocycles. The summed E-state index contributed by atoms with van der Waals surface area (Å²) in [6.07, 6.45) is 3.38. The topological polar surface area (TPSA) is 75.1 Å². The van der Waals surface area contributed by atoms with E-state index in [0.717, 1.165) is 36.6 Å². The van der Waals surface area contributed by atoms with Gasteiger partial charge in [0.1, 0.15) is 5.01 Å². The number of hydrogen-bond acceptors (Lipinski definition) is 5. The van der Waals surface area contributed by atoms with Crippen molar-refractivity contribution in [3.05, 3.63) is 27.8 Å². The van der Waals surface area contributed by atoms with E-state index in [2.05, 4.69) is 25.6 Å². The minimum absolute atomic E-state index is 0.246. The number of aryl methyl sites for hydroxylation is 2. The zero-order chi connectivity index (χ0) is 16.2. The van der Waals surface area contributed by atoms with Crippen molar-refractivity contribution in [2.75, 3.05) is 19.4 Å². The van der Waals surface area contributed by atoms with Gasteiger partial charge in [-0.15, -0.1) is 11.3 Å². The Balaban J connectivity index is 1.49. The Morgan fingerprint density at radius 2 is 2.30 bits per heavy atom. The molecule has 7 nitrogen and oxygen atoms in total. The number of hydrogen-bond donors (Lipinski definition) is 2. The lowest BCUT2D eigenvalue weighted by molar-refractivity contribution is 0.251. The van der Waals surface area contributed by atoms with Crippen LogP contribution in [0.2, 0.25) is 0 Å². The van der Waals surface area contributed by atoms with Crippen LogP contribution in [0.15, 0.2) is 11.4 Å². The fourth-order valence-electron chi connectivity index (χ4n) is 2.62. The van der Waals surface area contributed by atoms with E-state index >= 15 is 0 Å². The zero-order valence-electron chi connectivity index (χ0n) is 13.5. The summed E-state index contributed by atoms with van der Waals surface area (Å²) >= 11 is 1.56. The fourth-order valence-corrected chi connectivity index (χ4v) is 3.35. The second-order valence-corrected chi connectivity index (χ2v) is 6.92. The van der Waals surface area contributed by atoms with E-state index in [9.17, 15) is 4.79 Å². The summed E-state index contributed by atoms with van der Waals surface area (Å²) in [4.78, 5) is 18.5. The number of fused-ring (bicyclic) bond motifs is 1. The highest BCUT2D eigenvalue weighted by atomic mass is 32.1. The van der Waals surface area contributed by atoms with E-state index in [-0.39, 0.29) is 6.03 Å². The molecule has 1 aliphatic rings. The van der Waals surface area contributed by atoms with E-state index in [1.54, 1.807) is 11.3 Å². The van der Waals surface area contributed by atoms with Gasteiger partial charge in [0.2, 0.25) is 0 Å². The predicted octanol–water partition coefficient (Wildman–Crippen LogP) is 2.06. The molecule has 0 radical (unpaired) electrons. The van der Waals surface area contributed by atoms with Crippen molar-refractivity contribution in [1.29, 1.82) is 0 Å². The molecule has 2 N–H and O–H groups in total. The molecule has 23 heavy (non-hydrogen) atoms. The molecule has 0 unspecified atom stereocenters. The molecule has 2 aromatic heterocycles. The van der Waals surface area contributed by atoms with Gasteiger partial charge in [-0.2, -0.15) is 5.10 Å². The largest absolute Gasteiger partial charge is 0.331 e. The van der Waals surface area contributed by atoms with Gasteiger partial charge in [0.05, 0.1) is 12.2 Å². The molecule has 0 saturated carbocycles. The Bertz CT molecular complexity index is 654. The van der Waals surface area contributed by atoms with Gasteiger partial charge in [-0.25, -0.2) is 9.78 Å². The number of anilines is 1. The maximum Gasteiger partial charge on any atom is 0.320 e. The summed E-state index contributed by atoms with van der Waals surface area (Å²) in [6, 6.07) is 1.71. The molecule has 0 aliphatic carbocycles. The number of nitrogens with zero attached hydrogens (tertiary/aromatic N) is 4. The second kappa shape index (κ2) is 7.10. The number of urea groups is 1. The van der Waals surface area contributed by atoms with E-state index in [0.29, 0.717) is 12.4 Å². The number of carbonyl (C=O) groups excluding carboxylic acids is 1. The van der Waals surface area contributed by atoms with Crippen LogP contribution in [0.4, 0.5) is 10.6 Å². The first kappa shape index (κ1) is 15.9. The summed E-state index contributed by atoms with van der Waals surface area (Å²) < 4.78 is 1.98. The Morgan fingerprint density at radius 3 is 3.09 bits per heavy atom. The van der Waals surface area contributed by atoms with Crippen LogP contribution >= 0.6 is 11.3 Å². The normalized spacial score (nSPS) is 13.9. The molecule has 0 bridgehead atoms. The molecule has 0 spiro atoms. The summed E-state index contributed by atoms with van der Waals surface area (Å²) in [5.41, 5.74) is 2.22. The van der Waals surface area contributed by atoms with Crippen molar-refractivity contribution in [3.63, 3.8) is 0 Å². The Kier molecular flexibility index (Phi) is 4.92. The molecule has 124 valence electrons. The van der Waals surface area contributed by atoms with Crippen LogP contribution in [0, 0.1) is 0 Å². The highest BCUT2D eigenvalue weighted by Crippen LogP contribution is 2.17. The number of thiazole rings is 1. The van der Waals surface area contributed by atoms with Gasteiger partial charge in [0, 0.05) is 30.2 Å². The van der Waals surface area contributed by atoms with Gasteiger partial charge in [-0.05, 0) is 33.4 Å². The molecule has 0 atom stereocenters. The first-order valence-corrected chi connectivity index (χ1v) is 8.68. The number of rotatable bonds is 5. The van der Waals surface area contributed by atoms with Gasteiger partial charge >= 0.3 is 6.03 Å². The monoisotopic (exact) mass is 334 g/mol. The first-order chi connectivity index (χ1) is 11.1. The van der Waals surface area contributed by atoms with Crippen LogP contribution in [-0.2, 0) is 26.1 Å². The van der Waals surface area contributed by atoms with Gasteiger partial charge < -0.3 is 10.2 Å². The summed E-state index contributed by atoms with van der Waals surface area (Å²) in [6.45, 7) is 2.17. The molecule has 1 aliphatic heterocycles. The summed E-state index contributed by atoms with van der Waals surface area (Å²) in [7, 11) is 4.02. The lowest BCUT2D eigenvalue weighted by Gasteiger charge is -2.11. The van der Waals surface area contributed by atoms with Gasteiger partial charge in [-0.1, -0.05) is 0 Å². The number of amides is 2. The minimum Gasteiger partial charge on any atom is -0.331 e. The van der Waals surface area contributed by atoms with Crippen molar-refractivity contribution in [2.45, 2.75) is 38.9 Å². The molecular weight excluding hydrogens is 312 g/mol. The van der Waals surface area contributed by atoms with Crippen LogP contribution in [0.5, 0.6) is 0 Å². The molecule has 8 heteroatoms. The van der Waals surface area contributed by atoms with E-state index in [1.807, 2.05) is 30.2 Å². The maximum absolute atomic E-state index is 12.0. The maximum atomic E-state index is 12.0. The highest BCUT2D eigenvalue weighted by molar-refractivity contribution is 7.09.